The fourth-order valence-corrected chi connectivity index (χ4v) is 1.57. The van der Waals surface area contributed by atoms with Gasteiger partial charge in [-0.3, -0.25) is 0 Å². The third kappa shape index (κ3) is 2.36. The third-order valence-electron chi connectivity index (χ3n) is 2.23. The maximum Gasteiger partial charge on any atom is 0.309 e. The molecule has 0 saturated heterocycles. The zero-order chi connectivity index (χ0) is 14.5. The Hall–Kier alpha value is -3.48. The van der Waals surface area contributed by atoms with E-state index in [1.807, 2.05) is 0 Å². The number of carbonyl (C=O) groups excluding carboxylic acids is 1. The van der Waals surface area contributed by atoms with E-state index >= 15 is 0 Å². The molecule has 0 aromatic carbocycles. The van der Waals surface area contributed by atoms with Gasteiger partial charge in [-0.1, -0.05) is 0 Å². The second-order valence-electron chi connectivity index (χ2n) is 3.43. The summed E-state index contributed by atoms with van der Waals surface area (Å²) in [6.07, 6.45) is 4.21. The minimum Gasteiger partial charge on any atom is -0.430 e. The normalized spacial score (nSPS) is 9.15. The average molecular weight is 271 g/mol. The lowest BCUT2D eigenvalue weighted by molar-refractivity contribution is 0.351. The van der Waals surface area contributed by atoms with Crippen LogP contribution in [0, 0.1) is 30.0 Å². The van der Waals surface area contributed by atoms with Crippen LogP contribution in [0.3, 0.4) is 0 Å². The van der Waals surface area contributed by atoms with Crippen LogP contribution in [0.15, 0.2) is 26.0 Å². The summed E-state index contributed by atoms with van der Waals surface area (Å²) in [6, 6.07) is 2.87. The molecule has 2 rings (SSSR count). The van der Waals surface area contributed by atoms with Crippen molar-refractivity contribution >= 4 is 12.0 Å². The van der Waals surface area contributed by atoms with Crippen molar-refractivity contribution in [1.82, 2.24) is 0 Å². The maximum atomic E-state index is 10.4. The average Bonchev–Trinajstić information content (AvgIpc) is 2.95. The number of hydrogen-bond acceptors (Lipinski definition) is 8. The van der Waals surface area contributed by atoms with E-state index in [0.717, 1.165) is 0 Å². The molecule has 0 N–H and O–H groups in total. The van der Waals surface area contributed by atoms with E-state index in [1.54, 1.807) is 13.0 Å². The van der Waals surface area contributed by atoms with Gasteiger partial charge in [-0.25, -0.2) is 4.79 Å². The van der Waals surface area contributed by atoms with Gasteiger partial charge < -0.3 is 18.3 Å². The van der Waals surface area contributed by atoms with E-state index in [9.17, 15) is 4.79 Å². The Morgan fingerprint density at radius 3 is 2.55 bits per heavy atom. The van der Waals surface area contributed by atoms with Crippen molar-refractivity contribution in [3.63, 3.8) is 0 Å². The van der Waals surface area contributed by atoms with E-state index in [-0.39, 0.29) is 23.3 Å². The summed E-state index contributed by atoms with van der Waals surface area (Å²) in [5.74, 6) is 0.0685. The van der Waals surface area contributed by atoms with Crippen molar-refractivity contribution in [3.8, 4) is 35.5 Å². The zero-order valence-corrected chi connectivity index (χ0v) is 10.0. The summed E-state index contributed by atoms with van der Waals surface area (Å²) in [5, 5.41) is 17.0. The van der Waals surface area contributed by atoms with E-state index in [1.165, 1.54) is 24.7 Å². The summed E-state index contributed by atoms with van der Waals surface area (Å²) in [6.45, 7) is 1.64. The first-order chi connectivity index (χ1) is 9.69. The molecule has 0 aliphatic rings. The highest BCUT2D eigenvalue weighted by Crippen LogP contribution is 2.42. The molecule has 2 heterocycles. The quantitative estimate of drug-likeness (QED) is 0.475. The molecule has 0 aliphatic heterocycles. The van der Waals surface area contributed by atoms with E-state index in [2.05, 4.69) is 14.5 Å². The summed E-state index contributed by atoms with van der Waals surface area (Å²) >= 11 is 0. The van der Waals surface area contributed by atoms with Crippen LogP contribution in [0.1, 0.15) is 5.76 Å². The number of aliphatic imine (C=N–C) groups is 1. The van der Waals surface area contributed by atoms with Gasteiger partial charge in [0.1, 0.15) is 5.76 Å². The number of hydrogen-bond donors (Lipinski definition) is 0. The summed E-state index contributed by atoms with van der Waals surface area (Å²) in [4.78, 5) is 13.7. The molecule has 0 fully saturated rings. The fourth-order valence-electron chi connectivity index (χ4n) is 1.57. The van der Waals surface area contributed by atoms with Gasteiger partial charge in [-0.05, 0) is 13.0 Å². The molecule has 0 amide bonds. The molecule has 0 radical (unpaired) electrons. The lowest BCUT2D eigenvalue weighted by Crippen LogP contribution is -1.81. The Bertz CT molecular complexity index is 768. The first-order valence-electron chi connectivity index (χ1n) is 5.14. The standard InChI is InChI=1S/C12H5N3O5/c1-7-2-9(12(19-7)18-5-14)8-3-10(17-4-13)20-11(8)15-6-16/h2-3H,1H3. The molecule has 0 spiro atoms. The highest BCUT2D eigenvalue weighted by Gasteiger charge is 2.21. The van der Waals surface area contributed by atoms with Gasteiger partial charge in [0.05, 0.1) is 11.1 Å². The number of rotatable bonds is 4. The molecular weight excluding hydrogens is 266 g/mol. The molecule has 0 atom stereocenters. The number of nitriles is 2. The molecular formula is C12H5N3O5. The van der Waals surface area contributed by atoms with Crippen molar-refractivity contribution in [2.45, 2.75) is 6.92 Å². The van der Waals surface area contributed by atoms with Crippen molar-refractivity contribution in [3.05, 3.63) is 17.9 Å². The summed E-state index contributed by atoms with van der Waals surface area (Å²) in [7, 11) is 0. The SMILES string of the molecule is Cc1cc(-c2cc(OC#N)oc2N=C=O)c(OC#N)o1. The Labute approximate surface area is 112 Å². The number of ether oxygens (including phenoxy) is 2. The summed E-state index contributed by atoms with van der Waals surface area (Å²) < 4.78 is 19.4. The Morgan fingerprint density at radius 1 is 1.15 bits per heavy atom. The van der Waals surface area contributed by atoms with Gasteiger partial charge in [0.15, 0.2) is 0 Å². The van der Waals surface area contributed by atoms with Gasteiger partial charge >= 0.3 is 11.9 Å². The maximum absolute atomic E-state index is 10.4. The van der Waals surface area contributed by atoms with Crippen LogP contribution >= 0.6 is 0 Å². The highest BCUT2D eigenvalue weighted by atomic mass is 16.6. The second-order valence-corrected chi connectivity index (χ2v) is 3.43. The highest BCUT2D eigenvalue weighted by molar-refractivity contribution is 5.78. The van der Waals surface area contributed by atoms with E-state index < -0.39 is 0 Å². The lowest BCUT2D eigenvalue weighted by atomic mass is 10.1. The molecule has 0 saturated carbocycles. The number of aryl methyl sites for hydroxylation is 1. The molecule has 8 heteroatoms. The van der Waals surface area contributed by atoms with Crippen molar-refractivity contribution in [1.29, 1.82) is 10.5 Å². The molecule has 2 aromatic heterocycles. The van der Waals surface area contributed by atoms with E-state index in [4.69, 9.17) is 19.4 Å². The fraction of sp³-hybridized carbons (Fsp3) is 0.0833. The van der Waals surface area contributed by atoms with Gasteiger partial charge in [-0.15, -0.1) is 15.5 Å². The molecule has 98 valence electrons. The zero-order valence-electron chi connectivity index (χ0n) is 10.0. The number of isocyanates is 1. The van der Waals surface area contributed by atoms with Crippen LogP contribution < -0.4 is 9.47 Å². The van der Waals surface area contributed by atoms with E-state index in [0.29, 0.717) is 11.3 Å². The molecule has 0 bridgehead atoms. The topological polar surface area (TPSA) is 122 Å². The molecule has 0 unspecified atom stereocenters. The first-order valence-corrected chi connectivity index (χ1v) is 5.14. The number of nitrogens with zero attached hydrogens (tertiary/aromatic N) is 3. The molecule has 8 nitrogen and oxygen atoms in total. The Balaban J connectivity index is 2.59. The van der Waals surface area contributed by atoms with Gasteiger partial charge in [0.2, 0.25) is 12.0 Å². The minimum atomic E-state index is -0.168. The monoisotopic (exact) mass is 271 g/mol. The van der Waals surface area contributed by atoms with Crippen LogP contribution in [0.2, 0.25) is 0 Å². The largest absolute Gasteiger partial charge is 0.430 e. The van der Waals surface area contributed by atoms with Crippen LogP contribution in [0.25, 0.3) is 11.1 Å². The molecule has 0 aliphatic carbocycles. The first kappa shape index (κ1) is 13.0. The third-order valence-corrected chi connectivity index (χ3v) is 2.23. The van der Waals surface area contributed by atoms with Crippen molar-refractivity contribution in [2.75, 3.05) is 0 Å². The van der Waals surface area contributed by atoms with Crippen LogP contribution in [0.5, 0.6) is 11.9 Å². The predicted octanol–water partition coefficient (Wildman–Crippen LogP) is 2.54. The number of furan rings is 2. The van der Waals surface area contributed by atoms with Gasteiger partial charge in [-0.2, -0.15) is 0 Å². The molecule has 2 aromatic rings. The van der Waals surface area contributed by atoms with Crippen LogP contribution in [0.4, 0.5) is 5.88 Å². The van der Waals surface area contributed by atoms with Gasteiger partial charge in [0.25, 0.3) is 12.5 Å². The van der Waals surface area contributed by atoms with Crippen LogP contribution in [-0.4, -0.2) is 6.08 Å². The smallest absolute Gasteiger partial charge is 0.309 e. The Kier molecular flexibility index (Phi) is 3.53. The lowest BCUT2D eigenvalue weighted by Gasteiger charge is -1.94. The summed E-state index contributed by atoms with van der Waals surface area (Å²) in [5.41, 5.74) is 0.593. The van der Waals surface area contributed by atoms with Gasteiger partial charge in [0, 0.05) is 6.07 Å². The van der Waals surface area contributed by atoms with Crippen molar-refractivity contribution in [2.24, 2.45) is 4.99 Å². The predicted molar refractivity (Wildman–Crippen MR) is 61.4 cm³/mol. The molecule has 20 heavy (non-hydrogen) atoms. The second kappa shape index (κ2) is 5.44. The Morgan fingerprint density at radius 2 is 1.90 bits per heavy atom. The minimum absolute atomic E-state index is 0.0864. The van der Waals surface area contributed by atoms with Crippen molar-refractivity contribution < 1.29 is 23.1 Å². The van der Waals surface area contributed by atoms with Crippen LogP contribution in [-0.2, 0) is 4.79 Å².